The molecular formula is C17H22N2Pt. The van der Waals surface area contributed by atoms with Crippen LogP contribution in [0.3, 0.4) is 0 Å². The van der Waals surface area contributed by atoms with Crippen LogP contribution in [-0.2, 0) is 21.1 Å². The first-order valence-electron chi connectivity index (χ1n) is 6.38. The molecule has 1 aliphatic carbocycles. The predicted octanol–water partition coefficient (Wildman–Crippen LogP) is 5.17. The van der Waals surface area contributed by atoms with Gasteiger partial charge in [-0.05, 0) is 18.7 Å². The van der Waals surface area contributed by atoms with Crippen LogP contribution >= 0.6 is 0 Å². The smallest absolute Gasteiger partial charge is 0.705 e. The number of hydrogen-bond acceptors (Lipinski definition) is 1. The summed E-state index contributed by atoms with van der Waals surface area (Å²) in [6, 6.07) is 5.13. The summed E-state index contributed by atoms with van der Waals surface area (Å²) in [7, 11) is 0. The van der Waals surface area contributed by atoms with Crippen molar-refractivity contribution in [2.75, 3.05) is 0 Å². The van der Waals surface area contributed by atoms with Crippen molar-refractivity contribution in [2.45, 2.75) is 35.1 Å². The van der Waals surface area contributed by atoms with Crippen molar-refractivity contribution in [1.82, 2.24) is 4.98 Å². The molecule has 1 aliphatic heterocycles. The molecule has 0 N–H and O–H groups in total. The van der Waals surface area contributed by atoms with Crippen LogP contribution in [0.1, 0.15) is 45.1 Å². The molecule has 1 aromatic heterocycles. The van der Waals surface area contributed by atoms with E-state index < -0.39 is 0 Å². The standard InChI is InChI=1S/C14H12N2.C2H6.CH4.Pt/c1-9-3-5-11-7-8-12-6-4-10(2)16-14(12)13(11)15-9;1-2;;/h3-8H,1-2H3;1-2H3;1H4;/q-2;;;+2. The summed E-state index contributed by atoms with van der Waals surface area (Å²) >= 11 is 0. The second-order valence-corrected chi connectivity index (χ2v) is 4.11. The predicted molar refractivity (Wildman–Crippen MR) is 83.6 cm³/mol. The van der Waals surface area contributed by atoms with Gasteiger partial charge in [-0.15, -0.1) is 24.3 Å². The van der Waals surface area contributed by atoms with Crippen molar-refractivity contribution < 1.29 is 21.1 Å². The third-order valence-electron chi connectivity index (χ3n) is 2.80. The molecule has 110 valence electrons. The fourth-order valence-electron chi connectivity index (χ4n) is 1.96. The molecule has 0 aromatic carbocycles. The number of pyridine rings is 1. The minimum Gasteiger partial charge on any atom is -0.705 e. The number of rotatable bonds is 0. The van der Waals surface area contributed by atoms with Crippen molar-refractivity contribution in [3.63, 3.8) is 0 Å². The van der Waals surface area contributed by atoms with Gasteiger partial charge in [0.1, 0.15) is 0 Å². The molecule has 0 saturated carbocycles. The van der Waals surface area contributed by atoms with E-state index in [1.54, 1.807) is 0 Å². The van der Waals surface area contributed by atoms with E-state index in [9.17, 15) is 0 Å². The van der Waals surface area contributed by atoms with E-state index in [1.807, 2.05) is 39.8 Å². The molecule has 3 rings (SSSR count). The fraction of sp³-hybridized carbons (Fsp3) is 0.294. The Labute approximate surface area is 137 Å². The third-order valence-corrected chi connectivity index (χ3v) is 2.80. The van der Waals surface area contributed by atoms with Gasteiger partial charge < -0.3 is 5.32 Å². The maximum atomic E-state index is 4.58. The van der Waals surface area contributed by atoms with Crippen LogP contribution in [0.15, 0.2) is 41.6 Å². The third kappa shape index (κ3) is 3.64. The second-order valence-electron chi connectivity index (χ2n) is 4.11. The largest absolute Gasteiger partial charge is 2.00 e. The zero-order valence-corrected chi connectivity index (χ0v) is 13.9. The van der Waals surface area contributed by atoms with Gasteiger partial charge in [-0.3, -0.25) is 4.98 Å². The monoisotopic (exact) mass is 449 g/mol. The van der Waals surface area contributed by atoms with E-state index in [1.165, 1.54) is 0 Å². The molecule has 0 radical (unpaired) electrons. The first kappa shape index (κ1) is 18.7. The molecule has 0 atom stereocenters. The Morgan fingerprint density at radius 1 is 1.05 bits per heavy atom. The molecule has 1 aromatic rings. The van der Waals surface area contributed by atoms with Crippen LogP contribution < -0.4 is 0 Å². The van der Waals surface area contributed by atoms with Crippen molar-refractivity contribution in [1.29, 1.82) is 0 Å². The maximum Gasteiger partial charge on any atom is 2.00 e. The quantitative estimate of drug-likeness (QED) is 0.502. The number of nitrogens with zero attached hydrogens (tertiary/aromatic N) is 2. The van der Waals surface area contributed by atoms with Gasteiger partial charge in [-0.2, -0.15) is 11.3 Å². The molecule has 0 spiro atoms. The molecule has 20 heavy (non-hydrogen) atoms. The number of aromatic nitrogens is 1. The van der Waals surface area contributed by atoms with Crippen LogP contribution in [-0.4, -0.2) is 4.98 Å². The van der Waals surface area contributed by atoms with Crippen LogP contribution in [0.5, 0.6) is 0 Å². The van der Waals surface area contributed by atoms with E-state index in [-0.39, 0.29) is 28.5 Å². The average Bonchev–Trinajstić information content (AvgIpc) is 2.41. The molecule has 0 saturated heterocycles. The Hall–Kier alpha value is -1.27. The Balaban J connectivity index is 0.000000866. The summed E-state index contributed by atoms with van der Waals surface area (Å²) in [5.74, 6) is 0. The van der Waals surface area contributed by atoms with Crippen molar-refractivity contribution in [3.8, 4) is 0 Å². The van der Waals surface area contributed by atoms with Gasteiger partial charge in [0.15, 0.2) is 0 Å². The molecule has 2 heterocycles. The first-order valence-corrected chi connectivity index (χ1v) is 6.38. The summed E-state index contributed by atoms with van der Waals surface area (Å²) in [4.78, 5) is 4.58. The minimum absolute atomic E-state index is 0. The fourth-order valence-corrected chi connectivity index (χ4v) is 1.96. The van der Waals surface area contributed by atoms with Gasteiger partial charge in [0.25, 0.3) is 0 Å². The zero-order chi connectivity index (χ0) is 13.1. The number of allylic oxidation sites excluding steroid dienone is 3. The Morgan fingerprint density at radius 2 is 1.75 bits per heavy atom. The van der Waals surface area contributed by atoms with Crippen LogP contribution in [0, 0.1) is 13.0 Å². The van der Waals surface area contributed by atoms with Crippen molar-refractivity contribution in [3.05, 3.63) is 69.9 Å². The van der Waals surface area contributed by atoms with Gasteiger partial charge in [0, 0.05) is 5.69 Å². The average molecular weight is 449 g/mol. The van der Waals surface area contributed by atoms with Crippen LogP contribution in [0.4, 0.5) is 0 Å². The minimum atomic E-state index is 0. The molecule has 0 bridgehead atoms. The normalized spacial score (nSPS) is 13.9. The molecule has 2 nitrogen and oxygen atoms in total. The van der Waals surface area contributed by atoms with Crippen LogP contribution in [0.2, 0.25) is 0 Å². The second kappa shape index (κ2) is 8.11. The SMILES string of the molecule is C.CC.CC1=CC=C2C=Cc3ccc(C)nc3[C-]2[N-]1.[Pt+2]. The zero-order valence-electron chi connectivity index (χ0n) is 11.7. The first-order chi connectivity index (χ1) is 8.74. The Bertz CT molecular complexity index is 542. The Kier molecular flexibility index (Phi) is 7.60. The topological polar surface area (TPSA) is 27.0 Å². The molecule has 0 fully saturated rings. The molecule has 3 heteroatoms. The van der Waals surface area contributed by atoms with Crippen LogP contribution in [0.25, 0.3) is 11.4 Å². The van der Waals surface area contributed by atoms with Gasteiger partial charge in [0.05, 0.1) is 0 Å². The Morgan fingerprint density at radius 3 is 2.45 bits per heavy atom. The van der Waals surface area contributed by atoms with E-state index in [0.29, 0.717) is 0 Å². The van der Waals surface area contributed by atoms with E-state index >= 15 is 0 Å². The van der Waals surface area contributed by atoms with E-state index in [2.05, 4.69) is 34.6 Å². The molecular weight excluding hydrogens is 427 g/mol. The van der Waals surface area contributed by atoms with Gasteiger partial charge in [-0.25, -0.2) is 6.04 Å². The van der Waals surface area contributed by atoms with Gasteiger partial charge in [0.2, 0.25) is 0 Å². The van der Waals surface area contributed by atoms with Gasteiger partial charge >= 0.3 is 21.1 Å². The number of aryl methyl sites for hydroxylation is 1. The summed E-state index contributed by atoms with van der Waals surface area (Å²) in [5.41, 5.74) is 5.36. The van der Waals surface area contributed by atoms with Gasteiger partial charge in [-0.1, -0.05) is 39.8 Å². The summed E-state index contributed by atoms with van der Waals surface area (Å²) in [6.07, 6.45) is 8.33. The molecule has 0 unspecified atom stereocenters. The molecule has 2 aliphatic rings. The summed E-state index contributed by atoms with van der Waals surface area (Å²) in [5, 5.41) is 4.58. The van der Waals surface area contributed by atoms with E-state index in [0.717, 1.165) is 34.3 Å². The van der Waals surface area contributed by atoms with E-state index in [4.69, 9.17) is 0 Å². The van der Waals surface area contributed by atoms with Crippen molar-refractivity contribution >= 4 is 6.08 Å². The summed E-state index contributed by atoms with van der Waals surface area (Å²) < 4.78 is 0. The number of fused-ring (bicyclic) bond motifs is 3. The maximum absolute atomic E-state index is 4.58. The summed E-state index contributed by atoms with van der Waals surface area (Å²) in [6.45, 7) is 8.02. The van der Waals surface area contributed by atoms with Crippen molar-refractivity contribution in [2.24, 2.45) is 0 Å². The molecule has 0 amide bonds. The number of hydrogen-bond donors (Lipinski definition) is 0.